The van der Waals surface area contributed by atoms with Gasteiger partial charge in [-0.05, 0) is 5.92 Å². The maximum Gasteiger partial charge on any atom is 0.405 e. The van der Waals surface area contributed by atoms with Crippen molar-refractivity contribution in [3.8, 4) is 5.88 Å². The van der Waals surface area contributed by atoms with E-state index < -0.39 is 35.6 Å². The number of carbonyl (C=O) groups excluding carboxylic acids is 1. The van der Waals surface area contributed by atoms with Crippen LogP contribution in [0.15, 0.2) is 29.5 Å². The van der Waals surface area contributed by atoms with Crippen molar-refractivity contribution in [1.82, 2.24) is 29.5 Å². The van der Waals surface area contributed by atoms with E-state index in [9.17, 15) is 27.9 Å². The van der Waals surface area contributed by atoms with Crippen molar-refractivity contribution in [2.24, 2.45) is 5.92 Å². The zero-order valence-corrected chi connectivity index (χ0v) is 15.9. The molecular weight excluding hydrogens is 407 g/mol. The van der Waals surface area contributed by atoms with Gasteiger partial charge in [0.05, 0.1) is 6.20 Å². The largest absolute Gasteiger partial charge is 0.492 e. The quantitative estimate of drug-likeness (QED) is 0.549. The minimum absolute atomic E-state index is 0.0478. The second-order valence-electron chi connectivity index (χ2n) is 6.82. The standard InChI is InChI=1S/C17H18F3N7O3/c1-9(2)7-26-12-5-10(24-11-6-21-3-4-22-11)25-27(12)16(30)13(15(26)29)14(28)23-8-17(18,19)20/h3-6,9,30H,7-8H2,1-2H3,(H,23,28)(H,22,24,25). The number of rotatable bonds is 6. The average Bonchev–Trinajstić information content (AvgIpc) is 3.07. The highest BCUT2D eigenvalue weighted by atomic mass is 19.4. The van der Waals surface area contributed by atoms with Gasteiger partial charge in [0.2, 0.25) is 5.88 Å². The number of alkyl halides is 3. The molecule has 3 rings (SSSR count). The second kappa shape index (κ2) is 8.00. The molecule has 0 bridgehead atoms. The fourth-order valence-electron chi connectivity index (χ4n) is 2.73. The molecule has 0 radical (unpaired) electrons. The maximum atomic E-state index is 12.8. The predicted octanol–water partition coefficient (Wildman–Crippen LogP) is 1.68. The fourth-order valence-corrected chi connectivity index (χ4v) is 2.73. The van der Waals surface area contributed by atoms with Crippen LogP contribution in [0.25, 0.3) is 5.65 Å². The van der Waals surface area contributed by atoms with E-state index in [0.717, 1.165) is 4.52 Å². The Kier molecular flexibility index (Phi) is 5.62. The van der Waals surface area contributed by atoms with Crippen LogP contribution in [-0.4, -0.2) is 47.9 Å². The lowest BCUT2D eigenvalue weighted by Crippen LogP contribution is -2.39. The molecule has 3 aromatic heterocycles. The number of nitrogens with zero attached hydrogens (tertiary/aromatic N) is 5. The van der Waals surface area contributed by atoms with Gasteiger partial charge >= 0.3 is 6.18 Å². The van der Waals surface area contributed by atoms with Crippen LogP contribution in [-0.2, 0) is 6.54 Å². The zero-order valence-electron chi connectivity index (χ0n) is 15.9. The highest BCUT2D eigenvalue weighted by molar-refractivity contribution is 5.96. The molecule has 0 saturated heterocycles. The first-order valence-electron chi connectivity index (χ1n) is 8.80. The van der Waals surface area contributed by atoms with Gasteiger partial charge in [-0.15, -0.1) is 5.10 Å². The summed E-state index contributed by atoms with van der Waals surface area (Å²) in [5, 5.41) is 19.0. The summed E-state index contributed by atoms with van der Waals surface area (Å²) in [5.74, 6) is -1.76. The Labute approximate surface area is 167 Å². The average molecular weight is 425 g/mol. The van der Waals surface area contributed by atoms with Crippen LogP contribution in [0, 0.1) is 5.92 Å². The normalized spacial score (nSPS) is 11.8. The molecule has 0 unspecified atom stereocenters. The molecule has 0 spiro atoms. The summed E-state index contributed by atoms with van der Waals surface area (Å²) in [6.45, 7) is 2.12. The van der Waals surface area contributed by atoms with E-state index in [-0.39, 0.29) is 23.9 Å². The van der Waals surface area contributed by atoms with E-state index >= 15 is 0 Å². The first-order chi connectivity index (χ1) is 14.1. The van der Waals surface area contributed by atoms with E-state index in [1.807, 2.05) is 13.8 Å². The van der Waals surface area contributed by atoms with Crippen molar-refractivity contribution in [1.29, 1.82) is 0 Å². The first kappa shape index (κ1) is 21.1. The molecule has 3 heterocycles. The Morgan fingerprint density at radius 1 is 1.27 bits per heavy atom. The SMILES string of the molecule is CC(C)Cn1c(=O)c(C(=O)NCC(F)(F)F)c(O)n2nc(Nc3cnccn3)cc12. The minimum atomic E-state index is -4.67. The lowest BCUT2D eigenvalue weighted by molar-refractivity contribution is -0.123. The Morgan fingerprint density at radius 3 is 2.60 bits per heavy atom. The van der Waals surface area contributed by atoms with E-state index in [2.05, 4.69) is 20.4 Å². The van der Waals surface area contributed by atoms with E-state index in [4.69, 9.17) is 0 Å². The van der Waals surface area contributed by atoms with Crippen LogP contribution in [0.2, 0.25) is 0 Å². The van der Waals surface area contributed by atoms with Crippen LogP contribution < -0.4 is 16.2 Å². The number of hydrogen-bond acceptors (Lipinski definition) is 7. The van der Waals surface area contributed by atoms with Crippen molar-refractivity contribution < 1.29 is 23.1 Å². The molecular formula is C17H18F3N7O3. The van der Waals surface area contributed by atoms with Gasteiger partial charge in [0, 0.05) is 25.0 Å². The number of aromatic hydroxyl groups is 1. The van der Waals surface area contributed by atoms with Crippen LogP contribution in [0.3, 0.4) is 0 Å². The zero-order chi connectivity index (χ0) is 22.1. The first-order valence-corrected chi connectivity index (χ1v) is 8.80. The molecule has 0 fully saturated rings. The van der Waals surface area contributed by atoms with Crippen LogP contribution >= 0.6 is 0 Å². The molecule has 1 amide bonds. The third kappa shape index (κ3) is 4.50. The van der Waals surface area contributed by atoms with Crippen molar-refractivity contribution in [3.05, 3.63) is 40.6 Å². The molecule has 13 heteroatoms. The van der Waals surface area contributed by atoms with E-state index in [0.29, 0.717) is 5.82 Å². The molecule has 3 aromatic rings. The Bertz CT molecular complexity index is 1120. The van der Waals surface area contributed by atoms with Gasteiger partial charge in [0.25, 0.3) is 11.5 Å². The number of anilines is 2. The smallest absolute Gasteiger partial charge is 0.405 e. The van der Waals surface area contributed by atoms with Crippen molar-refractivity contribution in [3.63, 3.8) is 0 Å². The maximum absolute atomic E-state index is 12.8. The summed E-state index contributed by atoms with van der Waals surface area (Å²) < 4.78 is 39.4. The summed E-state index contributed by atoms with van der Waals surface area (Å²) in [7, 11) is 0. The Morgan fingerprint density at radius 2 is 2.00 bits per heavy atom. The van der Waals surface area contributed by atoms with Gasteiger partial charge < -0.3 is 15.7 Å². The summed E-state index contributed by atoms with van der Waals surface area (Å²) in [6, 6.07) is 1.44. The van der Waals surface area contributed by atoms with Crippen molar-refractivity contribution in [2.45, 2.75) is 26.6 Å². The highest BCUT2D eigenvalue weighted by Crippen LogP contribution is 2.22. The summed E-state index contributed by atoms with van der Waals surface area (Å²) in [5.41, 5.74) is -1.62. The number of aromatic nitrogens is 5. The number of nitrogens with one attached hydrogen (secondary N) is 2. The van der Waals surface area contributed by atoms with Gasteiger partial charge in [-0.3, -0.25) is 19.1 Å². The Balaban J connectivity index is 2.11. The van der Waals surface area contributed by atoms with Gasteiger partial charge in [-0.1, -0.05) is 13.8 Å². The molecule has 3 N–H and O–H groups in total. The molecule has 10 nitrogen and oxygen atoms in total. The monoisotopic (exact) mass is 425 g/mol. The number of halogens is 3. The number of hydrogen-bond donors (Lipinski definition) is 3. The molecule has 0 aliphatic rings. The van der Waals surface area contributed by atoms with Crippen molar-refractivity contribution >= 4 is 23.2 Å². The molecule has 0 aromatic carbocycles. The Hall–Kier alpha value is -3.64. The predicted molar refractivity (Wildman–Crippen MR) is 99.7 cm³/mol. The van der Waals surface area contributed by atoms with E-state index in [1.165, 1.54) is 29.2 Å². The topological polar surface area (TPSA) is 126 Å². The molecule has 0 saturated carbocycles. The van der Waals surface area contributed by atoms with Gasteiger partial charge in [0.1, 0.15) is 18.0 Å². The molecule has 0 aliphatic carbocycles. The van der Waals surface area contributed by atoms with Crippen molar-refractivity contribution in [2.75, 3.05) is 11.9 Å². The summed E-state index contributed by atoms with van der Waals surface area (Å²) in [4.78, 5) is 33.0. The summed E-state index contributed by atoms with van der Waals surface area (Å²) in [6.07, 6.45) is -0.354. The second-order valence-corrected chi connectivity index (χ2v) is 6.82. The molecule has 0 aliphatic heterocycles. The number of carbonyl (C=O) groups is 1. The number of amides is 1. The lowest BCUT2D eigenvalue weighted by atomic mass is 10.2. The third-order valence-electron chi connectivity index (χ3n) is 3.89. The number of fused-ring (bicyclic) bond motifs is 1. The van der Waals surface area contributed by atoms with Crippen LogP contribution in [0.5, 0.6) is 5.88 Å². The minimum Gasteiger partial charge on any atom is -0.492 e. The van der Waals surface area contributed by atoms with Crippen LogP contribution in [0.4, 0.5) is 24.8 Å². The fraction of sp³-hybridized carbons (Fsp3) is 0.353. The third-order valence-corrected chi connectivity index (χ3v) is 3.89. The molecule has 30 heavy (non-hydrogen) atoms. The lowest BCUT2D eigenvalue weighted by Gasteiger charge is -2.14. The van der Waals surface area contributed by atoms with Gasteiger partial charge in [-0.25, -0.2) is 4.98 Å². The van der Waals surface area contributed by atoms with Gasteiger partial charge in [0.15, 0.2) is 11.4 Å². The van der Waals surface area contributed by atoms with E-state index in [1.54, 1.807) is 5.32 Å². The van der Waals surface area contributed by atoms with Crippen LogP contribution in [0.1, 0.15) is 24.2 Å². The summed E-state index contributed by atoms with van der Waals surface area (Å²) >= 11 is 0. The molecule has 0 atom stereocenters. The molecule has 160 valence electrons. The highest BCUT2D eigenvalue weighted by Gasteiger charge is 2.30. The van der Waals surface area contributed by atoms with Gasteiger partial charge in [-0.2, -0.15) is 17.7 Å².